The van der Waals surface area contributed by atoms with E-state index in [9.17, 15) is 4.79 Å². The number of nitrogens with zero attached hydrogens (tertiary/aromatic N) is 1. The fourth-order valence-corrected chi connectivity index (χ4v) is 1.93. The number of carboxylic acids is 1. The van der Waals surface area contributed by atoms with Gasteiger partial charge in [0.15, 0.2) is 0 Å². The molecular weight excluding hydrogens is 242 g/mol. The summed E-state index contributed by atoms with van der Waals surface area (Å²) in [6.45, 7) is 8.83. The molecule has 0 saturated heterocycles. The van der Waals surface area contributed by atoms with Gasteiger partial charge in [-0.1, -0.05) is 19.1 Å². The van der Waals surface area contributed by atoms with Crippen molar-refractivity contribution in [2.24, 2.45) is 5.92 Å². The first-order valence-corrected chi connectivity index (χ1v) is 6.68. The monoisotopic (exact) mass is 265 g/mol. The van der Waals surface area contributed by atoms with Crippen molar-refractivity contribution in [2.75, 3.05) is 18.1 Å². The summed E-state index contributed by atoms with van der Waals surface area (Å²) in [6.07, 6.45) is 0. The van der Waals surface area contributed by atoms with Gasteiger partial charge in [-0.25, -0.2) is 0 Å². The second kappa shape index (κ2) is 7.02. The molecule has 0 aliphatic rings. The minimum Gasteiger partial charge on any atom is -0.492 e. The van der Waals surface area contributed by atoms with Crippen LogP contribution in [0, 0.1) is 5.92 Å². The molecule has 0 saturated carbocycles. The number of anilines is 1. The molecule has 1 atom stereocenters. The van der Waals surface area contributed by atoms with Crippen LogP contribution in [0.5, 0.6) is 5.75 Å². The zero-order valence-electron chi connectivity index (χ0n) is 12.1. The molecule has 0 aliphatic heterocycles. The van der Waals surface area contributed by atoms with Gasteiger partial charge in [-0.05, 0) is 32.9 Å². The van der Waals surface area contributed by atoms with E-state index in [0.29, 0.717) is 13.2 Å². The van der Waals surface area contributed by atoms with E-state index in [1.807, 2.05) is 31.2 Å². The van der Waals surface area contributed by atoms with Gasteiger partial charge >= 0.3 is 5.97 Å². The third-order valence-electron chi connectivity index (χ3n) is 2.99. The van der Waals surface area contributed by atoms with Crippen LogP contribution in [0.2, 0.25) is 0 Å². The minimum absolute atomic E-state index is 0.211. The van der Waals surface area contributed by atoms with Crippen molar-refractivity contribution in [2.45, 2.75) is 33.7 Å². The summed E-state index contributed by atoms with van der Waals surface area (Å²) < 4.78 is 5.62. The van der Waals surface area contributed by atoms with Crippen molar-refractivity contribution in [3.63, 3.8) is 0 Å². The lowest BCUT2D eigenvalue weighted by Crippen LogP contribution is -2.37. The van der Waals surface area contributed by atoms with Gasteiger partial charge in [0.1, 0.15) is 5.75 Å². The lowest BCUT2D eigenvalue weighted by atomic mass is 10.1. The van der Waals surface area contributed by atoms with E-state index in [2.05, 4.69) is 18.7 Å². The van der Waals surface area contributed by atoms with Gasteiger partial charge in [-0.15, -0.1) is 0 Å². The number of hydrogen-bond donors (Lipinski definition) is 1. The van der Waals surface area contributed by atoms with E-state index in [4.69, 9.17) is 9.84 Å². The highest BCUT2D eigenvalue weighted by Gasteiger charge is 2.21. The quantitative estimate of drug-likeness (QED) is 0.823. The van der Waals surface area contributed by atoms with Crippen LogP contribution in [0.25, 0.3) is 0 Å². The topological polar surface area (TPSA) is 49.8 Å². The van der Waals surface area contributed by atoms with Crippen LogP contribution in [-0.2, 0) is 4.79 Å². The van der Waals surface area contributed by atoms with Gasteiger partial charge in [0.2, 0.25) is 0 Å². The summed E-state index contributed by atoms with van der Waals surface area (Å²) in [6, 6.07) is 7.97. The number of hydrogen-bond acceptors (Lipinski definition) is 3. The molecule has 0 fully saturated rings. The van der Waals surface area contributed by atoms with Crippen LogP contribution < -0.4 is 9.64 Å². The molecule has 0 aliphatic carbocycles. The summed E-state index contributed by atoms with van der Waals surface area (Å²) in [7, 11) is 0. The molecule has 1 unspecified atom stereocenters. The standard InChI is InChI=1S/C15H23NO3/c1-5-19-14-9-7-6-8-13(14)16(11(2)3)10-12(4)15(17)18/h6-9,11-12H,5,10H2,1-4H3,(H,17,18). The molecule has 106 valence electrons. The maximum Gasteiger partial charge on any atom is 0.308 e. The van der Waals surface area contributed by atoms with Gasteiger partial charge in [-0.3, -0.25) is 4.79 Å². The Balaban J connectivity index is 3.02. The third-order valence-corrected chi connectivity index (χ3v) is 2.99. The summed E-state index contributed by atoms with van der Waals surface area (Å²) in [4.78, 5) is 13.1. The number of para-hydroxylation sites is 2. The Morgan fingerprint density at radius 3 is 2.47 bits per heavy atom. The Hall–Kier alpha value is -1.71. The highest BCUT2D eigenvalue weighted by molar-refractivity contribution is 5.71. The fraction of sp³-hybridized carbons (Fsp3) is 0.533. The van der Waals surface area contributed by atoms with Gasteiger partial charge in [0.25, 0.3) is 0 Å². The van der Waals surface area contributed by atoms with E-state index in [1.165, 1.54) is 0 Å². The first kappa shape index (κ1) is 15.3. The summed E-state index contributed by atoms with van der Waals surface area (Å²) in [5.74, 6) is -0.395. The zero-order chi connectivity index (χ0) is 14.4. The lowest BCUT2D eigenvalue weighted by molar-refractivity contribution is -0.140. The van der Waals surface area contributed by atoms with E-state index >= 15 is 0 Å². The molecule has 19 heavy (non-hydrogen) atoms. The van der Waals surface area contributed by atoms with Crippen LogP contribution in [0.4, 0.5) is 5.69 Å². The fourth-order valence-electron chi connectivity index (χ4n) is 1.93. The molecule has 0 bridgehead atoms. The van der Waals surface area contributed by atoms with Crippen LogP contribution in [-0.4, -0.2) is 30.3 Å². The zero-order valence-corrected chi connectivity index (χ0v) is 12.1. The summed E-state index contributed by atoms with van der Waals surface area (Å²) in [5, 5.41) is 9.07. The largest absolute Gasteiger partial charge is 0.492 e. The molecule has 1 aromatic carbocycles. The molecule has 0 heterocycles. The molecule has 1 N–H and O–H groups in total. The molecule has 1 aromatic rings. The van der Waals surface area contributed by atoms with Crippen molar-refractivity contribution in [1.29, 1.82) is 0 Å². The van der Waals surface area contributed by atoms with Gasteiger partial charge in [0.05, 0.1) is 18.2 Å². The Morgan fingerprint density at radius 2 is 1.95 bits per heavy atom. The van der Waals surface area contributed by atoms with Crippen LogP contribution in [0.1, 0.15) is 27.7 Å². The maximum atomic E-state index is 11.0. The van der Waals surface area contributed by atoms with Gasteiger partial charge in [0, 0.05) is 12.6 Å². The lowest BCUT2D eigenvalue weighted by Gasteiger charge is -2.31. The maximum absolute atomic E-state index is 11.0. The Bertz CT molecular complexity index is 418. The Kier molecular flexibility index (Phi) is 5.67. The summed E-state index contributed by atoms with van der Waals surface area (Å²) >= 11 is 0. The normalized spacial score (nSPS) is 12.3. The second-order valence-corrected chi connectivity index (χ2v) is 4.89. The van der Waals surface area contributed by atoms with Crippen molar-refractivity contribution in [1.82, 2.24) is 0 Å². The van der Waals surface area contributed by atoms with E-state index in [-0.39, 0.29) is 6.04 Å². The van der Waals surface area contributed by atoms with Crippen molar-refractivity contribution in [3.05, 3.63) is 24.3 Å². The molecular formula is C15H23NO3. The first-order chi connectivity index (χ1) is 8.97. The number of carbonyl (C=O) groups is 1. The number of carboxylic acid groups (broad SMARTS) is 1. The van der Waals surface area contributed by atoms with Crippen molar-refractivity contribution in [3.8, 4) is 5.75 Å². The SMILES string of the molecule is CCOc1ccccc1N(CC(C)C(=O)O)C(C)C. The molecule has 0 aromatic heterocycles. The molecule has 1 rings (SSSR count). The molecule has 4 heteroatoms. The highest BCUT2D eigenvalue weighted by atomic mass is 16.5. The molecule has 0 spiro atoms. The van der Waals surface area contributed by atoms with Gasteiger partial charge in [-0.2, -0.15) is 0 Å². The minimum atomic E-state index is -0.778. The van der Waals surface area contributed by atoms with Crippen molar-refractivity contribution < 1.29 is 14.6 Å². The Morgan fingerprint density at radius 1 is 1.32 bits per heavy atom. The van der Waals surface area contributed by atoms with Crippen LogP contribution in [0.3, 0.4) is 0 Å². The van der Waals surface area contributed by atoms with Crippen LogP contribution in [0.15, 0.2) is 24.3 Å². The first-order valence-electron chi connectivity index (χ1n) is 6.68. The Labute approximate surface area is 115 Å². The third kappa shape index (κ3) is 4.16. The molecule has 4 nitrogen and oxygen atoms in total. The molecule has 0 amide bonds. The van der Waals surface area contributed by atoms with E-state index in [0.717, 1.165) is 11.4 Å². The second-order valence-electron chi connectivity index (χ2n) is 4.89. The number of aliphatic carboxylic acids is 1. The van der Waals surface area contributed by atoms with Crippen LogP contribution >= 0.6 is 0 Å². The van der Waals surface area contributed by atoms with Crippen molar-refractivity contribution >= 4 is 11.7 Å². The predicted molar refractivity (Wildman–Crippen MR) is 76.9 cm³/mol. The number of rotatable bonds is 7. The smallest absolute Gasteiger partial charge is 0.308 e. The van der Waals surface area contributed by atoms with Gasteiger partial charge < -0.3 is 14.7 Å². The predicted octanol–water partition coefficient (Wildman–Crippen LogP) is 3.02. The number of benzene rings is 1. The molecule has 0 radical (unpaired) electrons. The van der Waals surface area contributed by atoms with E-state index < -0.39 is 11.9 Å². The van der Waals surface area contributed by atoms with E-state index in [1.54, 1.807) is 6.92 Å². The highest BCUT2D eigenvalue weighted by Crippen LogP contribution is 2.30. The average molecular weight is 265 g/mol. The summed E-state index contributed by atoms with van der Waals surface area (Å²) in [5.41, 5.74) is 0.951. The number of ether oxygens (including phenoxy) is 1. The average Bonchev–Trinajstić information content (AvgIpc) is 2.36.